The smallest absolute Gasteiger partial charge is 0.314 e. The van der Waals surface area contributed by atoms with Crippen molar-refractivity contribution in [2.45, 2.75) is 45.6 Å². The van der Waals surface area contributed by atoms with Gasteiger partial charge < -0.3 is 9.64 Å². The van der Waals surface area contributed by atoms with Crippen molar-refractivity contribution in [3.05, 3.63) is 48.3 Å². The van der Waals surface area contributed by atoms with Crippen LogP contribution in [-0.2, 0) is 27.3 Å². The third-order valence-electron chi connectivity index (χ3n) is 5.37. The molecule has 1 aromatic carbocycles. The first-order chi connectivity index (χ1) is 14.0. The largest absolute Gasteiger partial charge is 0.466 e. The van der Waals surface area contributed by atoms with Crippen LogP contribution in [0, 0.1) is 11.2 Å². The van der Waals surface area contributed by atoms with E-state index in [2.05, 4.69) is 10.1 Å². The molecule has 156 valence electrons. The minimum absolute atomic E-state index is 0.00739. The second-order valence-electron chi connectivity index (χ2n) is 7.45. The van der Waals surface area contributed by atoms with Gasteiger partial charge in [0.2, 0.25) is 5.91 Å². The van der Waals surface area contributed by atoms with Gasteiger partial charge in [-0.25, -0.2) is 9.37 Å². The van der Waals surface area contributed by atoms with Crippen LogP contribution in [0.5, 0.6) is 0 Å². The Morgan fingerprint density at radius 1 is 1.31 bits per heavy atom. The van der Waals surface area contributed by atoms with Crippen molar-refractivity contribution in [2.75, 3.05) is 19.7 Å². The molecule has 1 atom stereocenters. The quantitative estimate of drug-likeness (QED) is 0.635. The van der Waals surface area contributed by atoms with E-state index in [0.717, 1.165) is 0 Å². The number of hydrogen-bond donors (Lipinski definition) is 0. The summed E-state index contributed by atoms with van der Waals surface area (Å²) in [7, 11) is 0. The van der Waals surface area contributed by atoms with Gasteiger partial charge in [0.1, 0.15) is 18.5 Å². The van der Waals surface area contributed by atoms with Crippen LogP contribution in [0.25, 0.3) is 0 Å². The lowest BCUT2D eigenvalue weighted by molar-refractivity contribution is -0.160. The number of nitrogens with zero attached hydrogens (tertiary/aromatic N) is 4. The predicted molar refractivity (Wildman–Crippen MR) is 104 cm³/mol. The molecule has 8 heteroatoms. The zero-order valence-corrected chi connectivity index (χ0v) is 16.7. The Morgan fingerprint density at radius 3 is 2.86 bits per heavy atom. The van der Waals surface area contributed by atoms with Gasteiger partial charge in [0.05, 0.1) is 12.0 Å². The average molecular weight is 402 g/mol. The van der Waals surface area contributed by atoms with Gasteiger partial charge in [-0.1, -0.05) is 18.2 Å². The normalized spacial score (nSPS) is 19.2. The number of ether oxygens (including phenoxy) is 1. The third kappa shape index (κ3) is 5.19. The second-order valence-corrected chi connectivity index (χ2v) is 7.45. The summed E-state index contributed by atoms with van der Waals surface area (Å²) >= 11 is 0. The van der Waals surface area contributed by atoms with Crippen molar-refractivity contribution in [3.8, 4) is 0 Å². The monoisotopic (exact) mass is 402 g/mol. The van der Waals surface area contributed by atoms with E-state index in [9.17, 15) is 14.0 Å². The van der Waals surface area contributed by atoms with E-state index in [0.29, 0.717) is 44.3 Å². The molecule has 1 fully saturated rings. The molecule has 0 aliphatic carbocycles. The van der Waals surface area contributed by atoms with E-state index in [1.807, 2.05) is 0 Å². The fourth-order valence-electron chi connectivity index (χ4n) is 3.92. The predicted octanol–water partition coefficient (Wildman–Crippen LogP) is 2.61. The Balaban J connectivity index is 1.70. The molecule has 0 unspecified atom stereocenters. The van der Waals surface area contributed by atoms with E-state index in [4.69, 9.17) is 4.74 Å². The fraction of sp³-hybridized carbons (Fsp3) is 0.524. The molecule has 2 aromatic rings. The number of benzene rings is 1. The van der Waals surface area contributed by atoms with Crippen LogP contribution in [0.15, 0.2) is 36.9 Å². The van der Waals surface area contributed by atoms with Gasteiger partial charge in [0, 0.05) is 26.1 Å². The van der Waals surface area contributed by atoms with E-state index in [1.165, 1.54) is 12.4 Å². The van der Waals surface area contributed by atoms with Crippen LogP contribution in [0.4, 0.5) is 4.39 Å². The lowest BCUT2D eigenvalue weighted by atomic mass is 9.74. The summed E-state index contributed by atoms with van der Waals surface area (Å²) in [6.45, 7) is 3.47. The van der Waals surface area contributed by atoms with Crippen molar-refractivity contribution in [1.82, 2.24) is 19.7 Å². The molecule has 0 N–H and O–H groups in total. The number of likely N-dealkylation sites (tertiary alicyclic amines) is 1. The summed E-state index contributed by atoms with van der Waals surface area (Å²) in [5.41, 5.74) is -0.445. The van der Waals surface area contributed by atoms with Gasteiger partial charge in [0.25, 0.3) is 0 Å². The molecule has 3 rings (SSSR count). The maximum absolute atomic E-state index is 14.3. The van der Waals surface area contributed by atoms with Crippen molar-refractivity contribution in [2.24, 2.45) is 5.41 Å². The summed E-state index contributed by atoms with van der Waals surface area (Å²) in [4.78, 5) is 31.3. The van der Waals surface area contributed by atoms with Crippen LogP contribution >= 0.6 is 0 Å². The summed E-state index contributed by atoms with van der Waals surface area (Å²) in [5.74, 6) is -0.706. The van der Waals surface area contributed by atoms with Crippen molar-refractivity contribution in [1.29, 1.82) is 0 Å². The summed E-state index contributed by atoms with van der Waals surface area (Å²) < 4.78 is 21.3. The Hall–Kier alpha value is -2.77. The summed E-state index contributed by atoms with van der Waals surface area (Å²) in [5, 5.41) is 4.03. The Morgan fingerprint density at radius 2 is 2.14 bits per heavy atom. The second kappa shape index (κ2) is 9.62. The molecular formula is C21H27FN4O3. The molecule has 1 aliphatic heterocycles. The first-order valence-corrected chi connectivity index (χ1v) is 10.0. The van der Waals surface area contributed by atoms with Crippen LogP contribution in [0.3, 0.4) is 0 Å². The van der Waals surface area contributed by atoms with Crippen molar-refractivity contribution in [3.63, 3.8) is 0 Å². The maximum Gasteiger partial charge on any atom is 0.314 e. The van der Waals surface area contributed by atoms with E-state index in [1.54, 1.807) is 41.0 Å². The van der Waals surface area contributed by atoms with Gasteiger partial charge >= 0.3 is 5.97 Å². The number of hydrogen-bond acceptors (Lipinski definition) is 5. The van der Waals surface area contributed by atoms with Crippen LogP contribution in [0.1, 0.15) is 38.2 Å². The Labute approximate surface area is 169 Å². The number of aromatic nitrogens is 3. The van der Waals surface area contributed by atoms with Gasteiger partial charge in [0.15, 0.2) is 0 Å². The molecule has 0 bridgehead atoms. The number of amides is 1. The van der Waals surface area contributed by atoms with E-state index >= 15 is 0 Å². The molecule has 1 aromatic heterocycles. The minimum Gasteiger partial charge on any atom is -0.466 e. The van der Waals surface area contributed by atoms with Gasteiger partial charge in [-0.3, -0.25) is 14.3 Å². The number of aryl methyl sites for hydroxylation is 1. The highest BCUT2D eigenvalue weighted by atomic mass is 19.1. The van der Waals surface area contributed by atoms with Gasteiger partial charge in [-0.05, 0) is 44.2 Å². The fourth-order valence-corrected chi connectivity index (χ4v) is 3.92. The van der Waals surface area contributed by atoms with Crippen LogP contribution in [0.2, 0.25) is 0 Å². The van der Waals surface area contributed by atoms with Crippen molar-refractivity contribution < 1.29 is 18.7 Å². The van der Waals surface area contributed by atoms with E-state index < -0.39 is 5.41 Å². The number of carbonyl (C=O) groups is 2. The highest BCUT2D eigenvalue weighted by molar-refractivity contribution is 5.81. The zero-order chi connectivity index (χ0) is 20.7. The molecule has 1 aliphatic rings. The van der Waals surface area contributed by atoms with E-state index in [-0.39, 0.29) is 37.3 Å². The molecule has 1 saturated heterocycles. The van der Waals surface area contributed by atoms with Gasteiger partial charge in [-0.2, -0.15) is 5.10 Å². The van der Waals surface area contributed by atoms with Crippen molar-refractivity contribution >= 4 is 11.9 Å². The minimum atomic E-state index is -0.919. The highest BCUT2D eigenvalue weighted by Gasteiger charge is 2.45. The SMILES string of the molecule is CCOC(=O)[C@]1(Cc2ccccc2F)CCCN(C(=O)CCCn2cncn2)C1. The number of halogens is 1. The molecule has 0 spiro atoms. The maximum atomic E-state index is 14.3. The third-order valence-corrected chi connectivity index (χ3v) is 5.37. The Kier molecular flexibility index (Phi) is 6.95. The molecule has 2 heterocycles. The lowest BCUT2D eigenvalue weighted by Crippen LogP contribution is -2.51. The molecule has 0 saturated carbocycles. The molecule has 29 heavy (non-hydrogen) atoms. The summed E-state index contributed by atoms with van der Waals surface area (Å²) in [6, 6.07) is 6.47. The molecule has 7 nitrogen and oxygen atoms in total. The topological polar surface area (TPSA) is 77.3 Å². The molecular weight excluding hydrogens is 375 g/mol. The number of carbonyl (C=O) groups excluding carboxylic acids is 2. The number of rotatable bonds is 8. The number of esters is 1. The zero-order valence-electron chi connectivity index (χ0n) is 16.7. The lowest BCUT2D eigenvalue weighted by Gasteiger charge is -2.41. The number of piperidine rings is 1. The molecule has 1 amide bonds. The molecule has 0 radical (unpaired) electrons. The van der Waals surface area contributed by atoms with Crippen LogP contribution in [-0.4, -0.2) is 51.2 Å². The highest BCUT2D eigenvalue weighted by Crippen LogP contribution is 2.36. The first kappa shape index (κ1) is 21.0. The van der Waals surface area contributed by atoms with Crippen LogP contribution < -0.4 is 0 Å². The standard InChI is InChI=1S/C21H27FN4O3/c1-2-29-20(28)21(13-17-7-3-4-8-18(17)22)10-6-11-25(14-21)19(27)9-5-12-26-16-23-15-24-26/h3-4,7-8,15-16H,2,5-6,9-14H2,1H3/t21-/m0/s1. The summed E-state index contributed by atoms with van der Waals surface area (Å²) in [6.07, 6.45) is 5.55. The van der Waals surface area contributed by atoms with Gasteiger partial charge in [-0.15, -0.1) is 0 Å². The average Bonchev–Trinajstić information content (AvgIpc) is 3.23. The Bertz CT molecular complexity index is 827. The first-order valence-electron chi connectivity index (χ1n) is 10.0.